The molecule has 3 rings (SSSR count). The highest BCUT2D eigenvalue weighted by Gasteiger charge is 2.07. The fourth-order valence-electron chi connectivity index (χ4n) is 2.13. The summed E-state index contributed by atoms with van der Waals surface area (Å²) in [6, 6.07) is 14.2. The van der Waals surface area contributed by atoms with E-state index in [1.807, 2.05) is 54.9 Å². The molecule has 0 amide bonds. The predicted octanol–water partition coefficient (Wildman–Crippen LogP) is 4.33. The van der Waals surface area contributed by atoms with Gasteiger partial charge in [0.15, 0.2) is 5.82 Å². The van der Waals surface area contributed by atoms with Crippen molar-refractivity contribution in [3.8, 4) is 5.82 Å². The minimum Gasteiger partial charge on any atom is -0.218 e. The van der Waals surface area contributed by atoms with Crippen molar-refractivity contribution in [2.24, 2.45) is 0 Å². The maximum atomic E-state index is 4.42. The van der Waals surface area contributed by atoms with E-state index in [1.54, 1.807) is 11.8 Å². The summed E-state index contributed by atoms with van der Waals surface area (Å²) in [5.74, 6) is 1.60. The Hall–Kier alpha value is -1.66. The van der Waals surface area contributed by atoms with E-state index in [9.17, 15) is 0 Å². The molecule has 0 N–H and O–H groups in total. The summed E-state index contributed by atoms with van der Waals surface area (Å²) in [6.07, 6.45) is 0. The highest BCUT2D eigenvalue weighted by Crippen LogP contribution is 2.25. The fourth-order valence-corrected chi connectivity index (χ4v) is 3.56. The third-order valence-electron chi connectivity index (χ3n) is 3.19. The standard InChI is InChI=1S/C16H15BrN4S/c1-11-9-12(2)21(20-11)15-7-8-16(19-18-15)22-10-13-5-3-4-6-14(13)17/h3-9H,10H2,1-2H3. The van der Waals surface area contributed by atoms with Crippen molar-refractivity contribution in [3.05, 3.63) is 63.9 Å². The molecule has 112 valence electrons. The molecule has 3 aromatic rings. The Morgan fingerprint density at radius 1 is 1.09 bits per heavy atom. The van der Waals surface area contributed by atoms with Crippen molar-refractivity contribution in [2.75, 3.05) is 0 Å². The van der Waals surface area contributed by atoms with E-state index in [-0.39, 0.29) is 0 Å². The van der Waals surface area contributed by atoms with E-state index in [1.165, 1.54) is 5.56 Å². The van der Waals surface area contributed by atoms with Gasteiger partial charge >= 0.3 is 0 Å². The van der Waals surface area contributed by atoms with Gasteiger partial charge < -0.3 is 0 Å². The predicted molar refractivity (Wildman–Crippen MR) is 92.3 cm³/mol. The Morgan fingerprint density at radius 3 is 2.55 bits per heavy atom. The number of thioether (sulfide) groups is 1. The second-order valence-electron chi connectivity index (χ2n) is 4.95. The molecule has 2 heterocycles. The van der Waals surface area contributed by atoms with Gasteiger partial charge in [-0.15, -0.1) is 10.2 Å². The lowest BCUT2D eigenvalue weighted by atomic mass is 10.2. The first-order valence-electron chi connectivity index (χ1n) is 6.87. The van der Waals surface area contributed by atoms with Crippen LogP contribution >= 0.6 is 27.7 Å². The largest absolute Gasteiger partial charge is 0.218 e. The van der Waals surface area contributed by atoms with Crippen molar-refractivity contribution in [3.63, 3.8) is 0 Å². The zero-order valence-corrected chi connectivity index (χ0v) is 14.7. The van der Waals surface area contributed by atoms with Crippen LogP contribution in [0.25, 0.3) is 5.82 Å². The zero-order chi connectivity index (χ0) is 15.5. The van der Waals surface area contributed by atoms with Gasteiger partial charge in [0.1, 0.15) is 5.03 Å². The van der Waals surface area contributed by atoms with Gasteiger partial charge in [-0.25, -0.2) is 4.68 Å². The number of benzene rings is 1. The van der Waals surface area contributed by atoms with Crippen LogP contribution in [-0.4, -0.2) is 20.0 Å². The van der Waals surface area contributed by atoms with Crippen LogP contribution in [-0.2, 0) is 5.75 Å². The number of hydrogen-bond donors (Lipinski definition) is 0. The molecule has 0 radical (unpaired) electrons. The molecule has 0 unspecified atom stereocenters. The smallest absolute Gasteiger partial charge is 0.175 e. The number of rotatable bonds is 4. The Morgan fingerprint density at radius 2 is 1.91 bits per heavy atom. The van der Waals surface area contributed by atoms with Crippen molar-refractivity contribution in [2.45, 2.75) is 24.6 Å². The molecule has 22 heavy (non-hydrogen) atoms. The molecule has 2 aromatic heterocycles. The van der Waals surface area contributed by atoms with Gasteiger partial charge in [0, 0.05) is 15.9 Å². The lowest BCUT2D eigenvalue weighted by Crippen LogP contribution is -2.03. The summed E-state index contributed by atoms with van der Waals surface area (Å²) >= 11 is 5.23. The van der Waals surface area contributed by atoms with Crippen LogP contribution in [0.5, 0.6) is 0 Å². The van der Waals surface area contributed by atoms with E-state index in [0.29, 0.717) is 0 Å². The second-order valence-corrected chi connectivity index (χ2v) is 6.80. The molecule has 4 nitrogen and oxygen atoms in total. The van der Waals surface area contributed by atoms with Gasteiger partial charge in [0.05, 0.1) is 5.69 Å². The van der Waals surface area contributed by atoms with Crippen LogP contribution in [0.3, 0.4) is 0 Å². The van der Waals surface area contributed by atoms with Crippen LogP contribution in [0.15, 0.2) is 52.0 Å². The fraction of sp³-hybridized carbons (Fsp3) is 0.188. The highest BCUT2D eigenvalue weighted by atomic mass is 79.9. The molecule has 0 aliphatic heterocycles. The molecule has 0 aliphatic rings. The average Bonchev–Trinajstić information content (AvgIpc) is 2.86. The SMILES string of the molecule is Cc1cc(C)n(-c2ccc(SCc3ccccc3Br)nn2)n1. The van der Waals surface area contributed by atoms with Gasteiger partial charge in [0.2, 0.25) is 0 Å². The van der Waals surface area contributed by atoms with Gasteiger partial charge in [-0.1, -0.05) is 45.9 Å². The zero-order valence-electron chi connectivity index (χ0n) is 12.3. The van der Waals surface area contributed by atoms with E-state index >= 15 is 0 Å². The van der Waals surface area contributed by atoms with Crippen LogP contribution in [0.4, 0.5) is 0 Å². The first-order valence-corrected chi connectivity index (χ1v) is 8.65. The Kier molecular flexibility index (Phi) is 4.59. The Bertz CT molecular complexity index is 783. The van der Waals surface area contributed by atoms with Crippen molar-refractivity contribution in [1.82, 2.24) is 20.0 Å². The molecule has 0 spiro atoms. The molecule has 0 saturated carbocycles. The number of nitrogens with zero attached hydrogens (tertiary/aromatic N) is 4. The third-order valence-corrected chi connectivity index (χ3v) is 4.93. The number of hydrogen-bond acceptors (Lipinski definition) is 4. The van der Waals surface area contributed by atoms with Crippen LogP contribution < -0.4 is 0 Å². The molecule has 0 fully saturated rings. The number of aryl methyl sites for hydroxylation is 2. The van der Waals surface area contributed by atoms with E-state index in [4.69, 9.17) is 0 Å². The quantitative estimate of drug-likeness (QED) is 0.637. The van der Waals surface area contributed by atoms with Crippen LogP contribution in [0, 0.1) is 13.8 Å². The van der Waals surface area contributed by atoms with Gasteiger partial charge in [-0.3, -0.25) is 0 Å². The van der Waals surface area contributed by atoms with Crippen molar-refractivity contribution >= 4 is 27.7 Å². The van der Waals surface area contributed by atoms with Gasteiger partial charge in [0.25, 0.3) is 0 Å². The molecule has 0 saturated heterocycles. The molecular weight excluding hydrogens is 360 g/mol. The van der Waals surface area contributed by atoms with Crippen molar-refractivity contribution in [1.29, 1.82) is 0 Å². The molecule has 1 aromatic carbocycles. The molecule has 0 bridgehead atoms. The minimum atomic E-state index is 0.746. The van der Waals surface area contributed by atoms with E-state index in [2.05, 4.69) is 37.3 Å². The monoisotopic (exact) mass is 374 g/mol. The summed E-state index contributed by atoms with van der Waals surface area (Å²) in [5, 5.41) is 13.9. The summed E-state index contributed by atoms with van der Waals surface area (Å²) in [5.41, 5.74) is 3.28. The average molecular weight is 375 g/mol. The maximum absolute atomic E-state index is 4.42. The number of aromatic nitrogens is 4. The lowest BCUT2D eigenvalue weighted by molar-refractivity contribution is 0.765. The topological polar surface area (TPSA) is 43.6 Å². The first kappa shape index (κ1) is 15.2. The summed E-state index contributed by atoms with van der Waals surface area (Å²) in [7, 11) is 0. The van der Waals surface area contributed by atoms with Gasteiger partial charge in [-0.05, 0) is 43.7 Å². The summed E-state index contributed by atoms with van der Waals surface area (Å²) < 4.78 is 2.93. The first-order chi connectivity index (χ1) is 10.6. The maximum Gasteiger partial charge on any atom is 0.175 e. The second kappa shape index (κ2) is 6.62. The van der Waals surface area contributed by atoms with Crippen molar-refractivity contribution < 1.29 is 0 Å². The lowest BCUT2D eigenvalue weighted by Gasteiger charge is -2.05. The molecule has 0 atom stereocenters. The Balaban J connectivity index is 1.72. The number of halogens is 1. The van der Waals surface area contributed by atoms with E-state index < -0.39 is 0 Å². The normalized spacial score (nSPS) is 10.9. The minimum absolute atomic E-state index is 0.746. The molecule has 0 aliphatic carbocycles. The summed E-state index contributed by atoms with van der Waals surface area (Å²) in [4.78, 5) is 0. The third kappa shape index (κ3) is 3.39. The molecule has 6 heteroatoms. The summed E-state index contributed by atoms with van der Waals surface area (Å²) in [6.45, 7) is 3.98. The Labute approximate surface area is 142 Å². The van der Waals surface area contributed by atoms with Crippen LogP contribution in [0.2, 0.25) is 0 Å². The molecular formula is C16H15BrN4S. The highest BCUT2D eigenvalue weighted by molar-refractivity contribution is 9.10. The van der Waals surface area contributed by atoms with E-state index in [0.717, 1.165) is 32.5 Å². The van der Waals surface area contributed by atoms with Crippen LogP contribution in [0.1, 0.15) is 17.0 Å². The van der Waals surface area contributed by atoms with Gasteiger partial charge in [-0.2, -0.15) is 5.10 Å².